The van der Waals surface area contributed by atoms with Crippen molar-refractivity contribution in [3.05, 3.63) is 12.3 Å². The summed E-state index contributed by atoms with van der Waals surface area (Å²) in [5, 5.41) is 2.80. The highest BCUT2D eigenvalue weighted by Crippen LogP contribution is 2.35. The quantitative estimate of drug-likeness (QED) is 0.588. The molecule has 2 nitrogen and oxygen atoms in total. The average molecular weight is 167 g/mol. The van der Waals surface area contributed by atoms with Crippen molar-refractivity contribution in [3.8, 4) is 0 Å². The molecule has 1 N–H and O–H groups in total. The molecule has 1 amide bonds. The monoisotopic (exact) mass is 167 g/mol. The summed E-state index contributed by atoms with van der Waals surface area (Å²) in [5.74, 6) is 0.538. The van der Waals surface area contributed by atoms with Crippen LogP contribution in [0.4, 0.5) is 0 Å². The highest BCUT2D eigenvalue weighted by Gasteiger charge is 2.31. The van der Waals surface area contributed by atoms with Gasteiger partial charge in [0, 0.05) is 18.0 Å². The fourth-order valence-electron chi connectivity index (χ4n) is 1.73. The third-order valence-electron chi connectivity index (χ3n) is 2.43. The van der Waals surface area contributed by atoms with Crippen LogP contribution in [0.1, 0.15) is 33.6 Å². The third kappa shape index (κ3) is 1.87. The van der Waals surface area contributed by atoms with Gasteiger partial charge in [0.1, 0.15) is 0 Å². The molecule has 0 aromatic heterocycles. The van der Waals surface area contributed by atoms with Crippen molar-refractivity contribution < 1.29 is 4.79 Å². The molecule has 0 bridgehead atoms. The van der Waals surface area contributed by atoms with Gasteiger partial charge in [-0.2, -0.15) is 0 Å². The van der Waals surface area contributed by atoms with Gasteiger partial charge in [0.2, 0.25) is 5.91 Å². The van der Waals surface area contributed by atoms with Gasteiger partial charge in [-0.15, -0.1) is 0 Å². The summed E-state index contributed by atoms with van der Waals surface area (Å²) in [6.07, 6.45) is 1.58. The molecule has 0 aliphatic carbocycles. The van der Waals surface area contributed by atoms with E-state index in [0.29, 0.717) is 12.3 Å². The maximum Gasteiger partial charge on any atom is 0.224 e. The van der Waals surface area contributed by atoms with Gasteiger partial charge < -0.3 is 5.32 Å². The molecule has 0 aromatic carbocycles. The summed E-state index contributed by atoms with van der Waals surface area (Å²) in [7, 11) is 0. The maximum atomic E-state index is 11.0. The van der Waals surface area contributed by atoms with Crippen molar-refractivity contribution >= 4 is 5.91 Å². The Balaban J connectivity index is 2.69. The van der Waals surface area contributed by atoms with E-state index in [1.54, 1.807) is 0 Å². The molecule has 1 rings (SSSR count). The summed E-state index contributed by atoms with van der Waals surface area (Å²) in [6.45, 7) is 10.4. The Hall–Kier alpha value is -0.790. The minimum atomic E-state index is 0.112. The van der Waals surface area contributed by atoms with Crippen LogP contribution < -0.4 is 5.32 Å². The molecule has 68 valence electrons. The molecular formula is C10H17NO. The average Bonchev–Trinajstić information content (AvgIpc) is 1.83. The SMILES string of the molecule is C=C1NC(=O)CCC1C(C)(C)C. The minimum Gasteiger partial charge on any atom is -0.330 e. The number of carbonyl (C=O) groups is 1. The predicted molar refractivity (Wildman–Crippen MR) is 49.5 cm³/mol. The van der Waals surface area contributed by atoms with E-state index in [1.165, 1.54) is 0 Å². The highest BCUT2D eigenvalue weighted by atomic mass is 16.1. The van der Waals surface area contributed by atoms with Crippen LogP contribution in [0.3, 0.4) is 0 Å². The van der Waals surface area contributed by atoms with Gasteiger partial charge in [0.25, 0.3) is 0 Å². The molecule has 0 saturated carbocycles. The molecule has 1 saturated heterocycles. The van der Waals surface area contributed by atoms with Gasteiger partial charge in [0.15, 0.2) is 0 Å². The standard InChI is InChI=1S/C10H17NO/c1-7-8(10(2,3)4)5-6-9(12)11-7/h8H,1,5-6H2,2-4H3,(H,11,12). The smallest absolute Gasteiger partial charge is 0.224 e. The fourth-order valence-corrected chi connectivity index (χ4v) is 1.73. The topological polar surface area (TPSA) is 29.1 Å². The first-order valence-corrected chi connectivity index (χ1v) is 4.40. The van der Waals surface area contributed by atoms with Crippen LogP contribution in [0.25, 0.3) is 0 Å². The summed E-state index contributed by atoms with van der Waals surface area (Å²) in [4.78, 5) is 11.0. The lowest BCUT2D eigenvalue weighted by Gasteiger charge is -2.35. The molecule has 0 spiro atoms. The molecule has 1 unspecified atom stereocenters. The third-order valence-corrected chi connectivity index (χ3v) is 2.43. The molecule has 0 aromatic rings. The van der Waals surface area contributed by atoms with Crippen LogP contribution in [0.5, 0.6) is 0 Å². The van der Waals surface area contributed by atoms with E-state index in [4.69, 9.17) is 0 Å². The van der Waals surface area contributed by atoms with Gasteiger partial charge >= 0.3 is 0 Å². The van der Waals surface area contributed by atoms with Gasteiger partial charge in [0.05, 0.1) is 0 Å². The van der Waals surface area contributed by atoms with Gasteiger partial charge in [-0.1, -0.05) is 27.4 Å². The number of carbonyl (C=O) groups excluding carboxylic acids is 1. The molecular weight excluding hydrogens is 150 g/mol. The zero-order chi connectivity index (χ0) is 9.35. The number of amides is 1. The second kappa shape index (κ2) is 2.92. The summed E-state index contributed by atoms with van der Waals surface area (Å²) in [5.41, 5.74) is 1.10. The minimum absolute atomic E-state index is 0.112. The van der Waals surface area contributed by atoms with E-state index in [1.807, 2.05) is 0 Å². The lowest BCUT2D eigenvalue weighted by Crippen LogP contribution is -2.37. The van der Waals surface area contributed by atoms with Crippen molar-refractivity contribution in [2.45, 2.75) is 33.6 Å². The van der Waals surface area contributed by atoms with Crippen LogP contribution in [0.15, 0.2) is 12.3 Å². The van der Waals surface area contributed by atoms with E-state index in [2.05, 4.69) is 32.7 Å². The van der Waals surface area contributed by atoms with E-state index >= 15 is 0 Å². The fraction of sp³-hybridized carbons (Fsp3) is 0.700. The Kier molecular flexibility index (Phi) is 2.27. The van der Waals surface area contributed by atoms with Crippen LogP contribution in [-0.4, -0.2) is 5.91 Å². The molecule has 1 atom stereocenters. The van der Waals surface area contributed by atoms with Crippen molar-refractivity contribution in [1.29, 1.82) is 0 Å². The Labute approximate surface area is 74.0 Å². The van der Waals surface area contributed by atoms with Gasteiger partial charge in [-0.25, -0.2) is 0 Å². The van der Waals surface area contributed by atoms with Crippen molar-refractivity contribution in [2.24, 2.45) is 11.3 Å². The van der Waals surface area contributed by atoms with Crippen LogP contribution in [0, 0.1) is 11.3 Å². The first kappa shape index (κ1) is 9.30. The van der Waals surface area contributed by atoms with Crippen LogP contribution in [-0.2, 0) is 4.79 Å². The summed E-state index contributed by atoms with van der Waals surface area (Å²) >= 11 is 0. The molecule has 1 fully saturated rings. The molecule has 12 heavy (non-hydrogen) atoms. The Bertz CT molecular complexity index is 212. The Morgan fingerprint density at radius 1 is 1.50 bits per heavy atom. The van der Waals surface area contributed by atoms with Crippen LogP contribution >= 0.6 is 0 Å². The predicted octanol–water partition coefficient (Wildman–Crippen LogP) is 2.07. The maximum absolute atomic E-state index is 11.0. The molecule has 0 radical (unpaired) electrons. The van der Waals surface area contributed by atoms with E-state index in [9.17, 15) is 4.79 Å². The van der Waals surface area contributed by atoms with Crippen molar-refractivity contribution in [3.63, 3.8) is 0 Å². The molecule has 2 heteroatoms. The number of piperidine rings is 1. The largest absolute Gasteiger partial charge is 0.330 e. The normalized spacial score (nSPS) is 25.4. The van der Waals surface area contributed by atoms with E-state index in [0.717, 1.165) is 12.1 Å². The number of nitrogens with one attached hydrogen (secondary N) is 1. The summed E-state index contributed by atoms with van der Waals surface area (Å²) in [6, 6.07) is 0. The number of rotatable bonds is 0. The van der Waals surface area contributed by atoms with Gasteiger partial charge in [-0.3, -0.25) is 4.79 Å². The number of hydrogen-bond donors (Lipinski definition) is 1. The second-order valence-corrected chi connectivity index (χ2v) is 4.53. The van der Waals surface area contributed by atoms with E-state index < -0.39 is 0 Å². The zero-order valence-electron chi connectivity index (χ0n) is 8.11. The molecule has 1 heterocycles. The highest BCUT2D eigenvalue weighted by molar-refractivity contribution is 5.78. The molecule has 1 aliphatic rings. The lowest BCUT2D eigenvalue weighted by molar-refractivity contribution is -0.122. The summed E-state index contributed by atoms with van der Waals surface area (Å²) < 4.78 is 0. The number of hydrogen-bond acceptors (Lipinski definition) is 1. The Morgan fingerprint density at radius 2 is 2.08 bits per heavy atom. The number of allylic oxidation sites excluding steroid dienone is 1. The van der Waals surface area contributed by atoms with Crippen LogP contribution in [0.2, 0.25) is 0 Å². The zero-order valence-corrected chi connectivity index (χ0v) is 8.11. The first-order valence-electron chi connectivity index (χ1n) is 4.40. The van der Waals surface area contributed by atoms with E-state index in [-0.39, 0.29) is 11.3 Å². The van der Waals surface area contributed by atoms with Gasteiger partial charge in [-0.05, 0) is 11.8 Å². The Morgan fingerprint density at radius 3 is 2.50 bits per heavy atom. The second-order valence-electron chi connectivity index (χ2n) is 4.53. The molecule has 1 aliphatic heterocycles. The lowest BCUT2D eigenvalue weighted by atomic mass is 9.75. The van der Waals surface area contributed by atoms with Crippen molar-refractivity contribution in [2.75, 3.05) is 0 Å². The first-order chi connectivity index (χ1) is 5.41. The van der Waals surface area contributed by atoms with Crippen molar-refractivity contribution in [1.82, 2.24) is 5.32 Å².